The van der Waals surface area contributed by atoms with Gasteiger partial charge in [-0.15, -0.1) is 0 Å². The van der Waals surface area contributed by atoms with Gasteiger partial charge in [0.25, 0.3) is 5.91 Å². The van der Waals surface area contributed by atoms with Crippen LogP contribution in [-0.4, -0.2) is 18.2 Å². The lowest BCUT2D eigenvalue weighted by atomic mass is 10.1. The van der Waals surface area contributed by atoms with Gasteiger partial charge in [-0.2, -0.15) is 5.10 Å². The first kappa shape index (κ1) is 15.8. The van der Waals surface area contributed by atoms with E-state index in [1.54, 1.807) is 0 Å². The highest BCUT2D eigenvalue weighted by atomic mass is 16.5. The van der Waals surface area contributed by atoms with E-state index in [1.165, 1.54) is 0 Å². The van der Waals surface area contributed by atoms with Gasteiger partial charge >= 0.3 is 0 Å². The number of ether oxygens (including phenoxy) is 1. The topological polar surface area (TPSA) is 50.7 Å². The van der Waals surface area contributed by atoms with Crippen LogP contribution in [0, 0.1) is 13.8 Å². The van der Waals surface area contributed by atoms with Gasteiger partial charge in [-0.05, 0) is 49.6 Å². The minimum absolute atomic E-state index is 0.0610. The molecule has 2 aromatic carbocycles. The normalized spacial score (nSPS) is 11.1. The van der Waals surface area contributed by atoms with Crippen LogP contribution in [0.25, 0.3) is 0 Å². The van der Waals surface area contributed by atoms with E-state index in [9.17, 15) is 4.79 Å². The Hall–Kier alpha value is -2.62. The molecule has 0 heterocycles. The zero-order valence-electron chi connectivity index (χ0n) is 13.1. The lowest BCUT2D eigenvalue weighted by Gasteiger charge is -2.07. The molecular formula is C18H20N2O2. The number of nitrogens with zero attached hydrogens (tertiary/aromatic N) is 1. The van der Waals surface area contributed by atoms with Crippen LogP contribution in [0.15, 0.2) is 53.6 Å². The van der Waals surface area contributed by atoms with E-state index in [0.717, 1.165) is 22.4 Å². The fraction of sp³-hybridized carbons (Fsp3) is 0.222. The maximum atomic E-state index is 11.8. The summed E-state index contributed by atoms with van der Waals surface area (Å²) in [6, 6.07) is 15.5. The molecule has 114 valence electrons. The molecule has 4 nitrogen and oxygen atoms in total. The Balaban J connectivity index is 1.88. The Labute approximate surface area is 130 Å². The highest BCUT2D eigenvalue weighted by Crippen LogP contribution is 2.15. The van der Waals surface area contributed by atoms with Crippen molar-refractivity contribution in [2.75, 3.05) is 6.61 Å². The molecule has 1 N–H and O–H groups in total. The van der Waals surface area contributed by atoms with Crippen LogP contribution in [0.2, 0.25) is 0 Å². The number of benzene rings is 2. The van der Waals surface area contributed by atoms with Crippen molar-refractivity contribution in [1.82, 2.24) is 5.43 Å². The Bertz CT molecular complexity index is 658. The van der Waals surface area contributed by atoms with Crippen LogP contribution in [0.4, 0.5) is 0 Å². The van der Waals surface area contributed by atoms with E-state index in [2.05, 4.69) is 16.6 Å². The van der Waals surface area contributed by atoms with Gasteiger partial charge in [0.05, 0.1) is 5.71 Å². The predicted octanol–water partition coefficient (Wildman–Crippen LogP) is 3.22. The number of rotatable bonds is 5. The average Bonchev–Trinajstić information content (AvgIpc) is 2.50. The first-order valence-electron chi connectivity index (χ1n) is 7.14. The Morgan fingerprint density at radius 2 is 1.73 bits per heavy atom. The molecule has 0 aromatic heterocycles. The maximum absolute atomic E-state index is 11.8. The molecule has 0 saturated heterocycles. The van der Waals surface area contributed by atoms with Crippen LogP contribution >= 0.6 is 0 Å². The Kier molecular flexibility index (Phi) is 5.31. The smallest absolute Gasteiger partial charge is 0.277 e. The molecule has 0 saturated carbocycles. The monoisotopic (exact) mass is 296 g/mol. The van der Waals surface area contributed by atoms with Crippen molar-refractivity contribution < 1.29 is 9.53 Å². The standard InChI is InChI=1S/C18H20N2O2/c1-13-9-14(2)11-17(10-13)22-12-18(21)20-19-15(3)16-7-5-4-6-8-16/h4-11H,12H2,1-3H3,(H,20,21). The van der Waals surface area contributed by atoms with Gasteiger partial charge in [-0.1, -0.05) is 36.4 Å². The van der Waals surface area contributed by atoms with Gasteiger partial charge in [0, 0.05) is 0 Å². The number of carbonyl (C=O) groups is 1. The first-order valence-corrected chi connectivity index (χ1v) is 7.14. The Morgan fingerprint density at radius 1 is 1.09 bits per heavy atom. The van der Waals surface area contributed by atoms with Gasteiger partial charge in [0.1, 0.15) is 5.75 Å². The molecule has 0 aliphatic carbocycles. The van der Waals surface area contributed by atoms with Crippen molar-refractivity contribution >= 4 is 11.6 Å². The number of carbonyl (C=O) groups excluding carboxylic acids is 1. The summed E-state index contributed by atoms with van der Waals surface area (Å²) in [6.07, 6.45) is 0. The molecule has 4 heteroatoms. The van der Waals surface area contributed by atoms with Crippen molar-refractivity contribution in [3.63, 3.8) is 0 Å². The fourth-order valence-electron chi connectivity index (χ4n) is 2.09. The maximum Gasteiger partial charge on any atom is 0.277 e. The minimum atomic E-state index is -0.283. The van der Waals surface area contributed by atoms with Gasteiger partial charge in [0.15, 0.2) is 6.61 Å². The summed E-state index contributed by atoms with van der Waals surface area (Å²) in [6.45, 7) is 5.77. The molecule has 1 amide bonds. The third-order valence-electron chi connectivity index (χ3n) is 3.11. The molecule has 22 heavy (non-hydrogen) atoms. The Morgan fingerprint density at radius 3 is 2.36 bits per heavy atom. The third kappa shape index (κ3) is 4.74. The van der Waals surface area contributed by atoms with E-state index >= 15 is 0 Å². The van der Waals surface area contributed by atoms with Crippen molar-refractivity contribution in [2.24, 2.45) is 5.10 Å². The summed E-state index contributed by atoms with van der Waals surface area (Å²) in [5, 5.41) is 4.08. The van der Waals surface area contributed by atoms with E-state index in [1.807, 2.05) is 63.2 Å². The number of nitrogens with one attached hydrogen (secondary N) is 1. The van der Waals surface area contributed by atoms with Crippen LogP contribution in [-0.2, 0) is 4.79 Å². The van der Waals surface area contributed by atoms with Crippen LogP contribution in [0.3, 0.4) is 0 Å². The first-order chi connectivity index (χ1) is 10.5. The van der Waals surface area contributed by atoms with Gasteiger partial charge in [0.2, 0.25) is 0 Å². The van der Waals surface area contributed by atoms with Crippen molar-refractivity contribution in [3.8, 4) is 5.75 Å². The quantitative estimate of drug-likeness (QED) is 0.680. The number of hydrogen-bond acceptors (Lipinski definition) is 3. The highest BCUT2D eigenvalue weighted by Gasteiger charge is 2.03. The molecule has 2 rings (SSSR count). The summed E-state index contributed by atoms with van der Waals surface area (Å²) in [4.78, 5) is 11.8. The lowest BCUT2D eigenvalue weighted by Crippen LogP contribution is -2.25. The van der Waals surface area contributed by atoms with Gasteiger partial charge in [-0.3, -0.25) is 4.79 Å². The molecule has 2 aromatic rings. The summed E-state index contributed by atoms with van der Waals surface area (Å²) < 4.78 is 5.49. The predicted molar refractivity (Wildman–Crippen MR) is 88.2 cm³/mol. The van der Waals surface area contributed by atoms with E-state index < -0.39 is 0 Å². The molecule has 0 spiro atoms. The average molecular weight is 296 g/mol. The number of hydrazone groups is 1. The fourth-order valence-corrected chi connectivity index (χ4v) is 2.09. The van der Waals surface area contributed by atoms with E-state index in [-0.39, 0.29) is 12.5 Å². The summed E-state index contributed by atoms with van der Waals surface area (Å²) >= 11 is 0. The lowest BCUT2D eigenvalue weighted by molar-refractivity contribution is -0.123. The second-order valence-electron chi connectivity index (χ2n) is 5.21. The second-order valence-corrected chi connectivity index (χ2v) is 5.21. The zero-order valence-corrected chi connectivity index (χ0v) is 13.1. The van der Waals surface area contributed by atoms with Gasteiger partial charge < -0.3 is 4.74 Å². The van der Waals surface area contributed by atoms with Crippen molar-refractivity contribution in [1.29, 1.82) is 0 Å². The number of amides is 1. The molecule has 0 aliphatic heterocycles. The molecule has 0 fully saturated rings. The molecular weight excluding hydrogens is 276 g/mol. The van der Waals surface area contributed by atoms with E-state index in [4.69, 9.17) is 4.74 Å². The minimum Gasteiger partial charge on any atom is -0.484 e. The highest BCUT2D eigenvalue weighted by molar-refractivity contribution is 5.99. The third-order valence-corrected chi connectivity index (χ3v) is 3.11. The zero-order chi connectivity index (χ0) is 15.9. The molecule has 0 bridgehead atoms. The molecule has 0 radical (unpaired) electrons. The van der Waals surface area contributed by atoms with Crippen LogP contribution in [0.1, 0.15) is 23.6 Å². The second kappa shape index (κ2) is 7.41. The largest absolute Gasteiger partial charge is 0.484 e. The van der Waals surface area contributed by atoms with Gasteiger partial charge in [-0.25, -0.2) is 5.43 Å². The molecule has 0 aliphatic rings. The molecule has 0 atom stereocenters. The van der Waals surface area contributed by atoms with Crippen LogP contribution in [0.5, 0.6) is 5.75 Å². The summed E-state index contributed by atoms with van der Waals surface area (Å²) in [5.41, 5.74) is 6.44. The number of aryl methyl sites for hydroxylation is 2. The number of hydrogen-bond donors (Lipinski definition) is 1. The van der Waals surface area contributed by atoms with Crippen molar-refractivity contribution in [3.05, 3.63) is 65.2 Å². The summed E-state index contributed by atoms with van der Waals surface area (Å²) in [7, 11) is 0. The van der Waals surface area contributed by atoms with Crippen molar-refractivity contribution in [2.45, 2.75) is 20.8 Å². The van der Waals surface area contributed by atoms with Crippen LogP contribution < -0.4 is 10.2 Å². The summed E-state index contributed by atoms with van der Waals surface area (Å²) in [5.74, 6) is 0.408. The molecule has 0 unspecified atom stereocenters. The SMILES string of the molecule is CC(=NNC(=O)COc1cc(C)cc(C)c1)c1ccccc1. The van der Waals surface area contributed by atoms with E-state index in [0.29, 0.717) is 5.75 Å².